The van der Waals surface area contributed by atoms with E-state index in [4.69, 9.17) is 14.2 Å². The van der Waals surface area contributed by atoms with Crippen LogP contribution in [0.4, 0.5) is 4.79 Å². The summed E-state index contributed by atoms with van der Waals surface area (Å²) in [7, 11) is 1.55. The summed E-state index contributed by atoms with van der Waals surface area (Å²) < 4.78 is 17.0. The quantitative estimate of drug-likeness (QED) is 0.115. The first kappa shape index (κ1) is 27.5. The summed E-state index contributed by atoms with van der Waals surface area (Å²) in [6, 6.07) is 23.6. The minimum absolute atomic E-state index is 0.178. The lowest BCUT2D eigenvalue weighted by Gasteiger charge is -2.15. The SMILES string of the molecule is CCOc1cc(/C=C2\SC(=O)N(Cc3cccc4ccccc34)C2=O)cc(Br)c1OC(=O)c1ccc(OC)cc1. The fourth-order valence-electron chi connectivity index (χ4n) is 4.30. The average Bonchev–Trinajstić information content (AvgIpc) is 3.22. The molecule has 0 aliphatic carbocycles. The van der Waals surface area contributed by atoms with E-state index in [9.17, 15) is 14.4 Å². The summed E-state index contributed by atoms with van der Waals surface area (Å²) in [6.45, 7) is 2.32. The summed E-state index contributed by atoms with van der Waals surface area (Å²) in [5, 5.41) is 1.71. The second-order valence-electron chi connectivity index (χ2n) is 8.79. The van der Waals surface area contributed by atoms with Gasteiger partial charge in [-0.05, 0) is 99.0 Å². The number of benzene rings is 4. The van der Waals surface area contributed by atoms with Crippen molar-refractivity contribution >= 4 is 61.7 Å². The van der Waals surface area contributed by atoms with Crippen molar-refractivity contribution in [2.24, 2.45) is 0 Å². The van der Waals surface area contributed by atoms with Gasteiger partial charge < -0.3 is 14.2 Å². The topological polar surface area (TPSA) is 82.1 Å². The van der Waals surface area contributed by atoms with E-state index in [1.807, 2.05) is 49.4 Å². The molecule has 7 nitrogen and oxygen atoms in total. The Morgan fingerprint density at radius 1 is 1.00 bits per heavy atom. The van der Waals surface area contributed by atoms with E-state index in [-0.39, 0.29) is 23.4 Å². The van der Waals surface area contributed by atoms with Crippen LogP contribution in [-0.2, 0) is 11.3 Å². The third-order valence-corrected chi connectivity index (χ3v) is 7.73. The lowest BCUT2D eigenvalue weighted by molar-refractivity contribution is -0.123. The van der Waals surface area contributed by atoms with Crippen molar-refractivity contribution in [3.63, 3.8) is 0 Å². The monoisotopic (exact) mass is 617 g/mol. The molecule has 0 radical (unpaired) electrons. The van der Waals surface area contributed by atoms with E-state index in [1.54, 1.807) is 49.6 Å². The highest BCUT2D eigenvalue weighted by Crippen LogP contribution is 2.40. The Kier molecular flexibility index (Phi) is 8.23. The van der Waals surface area contributed by atoms with Gasteiger partial charge in [0.25, 0.3) is 11.1 Å². The van der Waals surface area contributed by atoms with Crippen molar-refractivity contribution < 1.29 is 28.6 Å². The number of thioether (sulfide) groups is 1. The number of amides is 2. The van der Waals surface area contributed by atoms with Gasteiger partial charge in [0.05, 0.1) is 35.2 Å². The summed E-state index contributed by atoms with van der Waals surface area (Å²) in [5.74, 6) is 0.223. The highest BCUT2D eigenvalue weighted by Gasteiger charge is 2.35. The van der Waals surface area contributed by atoms with Crippen molar-refractivity contribution in [1.29, 1.82) is 0 Å². The fourth-order valence-corrected chi connectivity index (χ4v) is 5.68. The molecule has 5 rings (SSSR count). The molecule has 9 heteroatoms. The Bertz CT molecular complexity index is 1640. The van der Waals surface area contributed by atoms with Gasteiger partial charge in [-0.2, -0.15) is 0 Å². The van der Waals surface area contributed by atoms with E-state index in [0.29, 0.717) is 38.6 Å². The molecule has 0 spiro atoms. The number of imide groups is 1. The van der Waals surface area contributed by atoms with Gasteiger partial charge in [-0.15, -0.1) is 0 Å². The Morgan fingerprint density at radius 3 is 2.50 bits per heavy atom. The molecule has 1 fully saturated rings. The number of hydrogen-bond donors (Lipinski definition) is 0. The Labute approximate surface area is 243 Å². The molecule has 0 atom stereocenters. The van der Waals surface area contributed by atoms with Crippen LogP contribution in [0.2, 0.25) is 0 Å². The number of fused-ring (bicyclic) bond motifs is 1. The van der Waals surface area contributed by atoms with Crippen molar-refractivity contribution in [3.05, 3.63) is 105 Å². The Hall–Kier alpha value is -4.08. The zero-order valence-electron chi connectivity index (χ0n) is 21.7. The van der Waals surface area contributed by atoms with E-state index in [1.165, 1.54) is 4.90 Å². The molecule has 1 aliphatic heterocycles. The van der Waals surface area contributed by atoms with Gasteiger partial charge >= 0.3 is 5.97 Å². The molecule has 0 aromatic heterocycles. The smallest absolute Gasteiger partial charge is 0.343 e. The standard InChI is InChI=1S/C31H24BrNO6S/c1-3-38-26-16-19(15-25(32)28(26)39-30(35)21-11-13-23(37-2)14-12-21)17-27-29(34)33(31(36)40-27)18-22-9-6-8-20-7-4-5-10-24(20)22/h4-17H,3,18H2,1-2H3/b27-17-. The van der Waals surface area contributed by atoms with Crippen LogP contribution in [0.3, 0.4) is 0 Å². The number of ether oxygens (including phenoxy) is 3. The number of halogens is 1. The van der Waals surface area contributed by atoms with Crippen LogP contribution < -0.4 is 14.2 Å². The summed E-state index contributed by atoms with van der Waals surface area (Å²) in [6.07, 6.45) is 1.64. The van der Waals surface area contributed by atoms with Crippen molar-refractivity contribution in [2.45, 2.75) is 13.5 Å². The van der Waals surface area contributed by atoms with Gasteiger partial charge in [0.1, 0.15) is 5.75 Å². The number of methoxy groups -OCH3 is 1. The minimum atomic E-state index is -0.563. The van der Waals surface area contributed by atoms with Crippen LogP contribution in [0, 0.1) is 0 Å². The van der Waals surface area contributed by atoms with Crippen LogP contribution in [0.1, 0.15) is 28.4 Å². The molecule has 1 aliphatic rings. The maximum atomic E-state index is 13.3. The van der Waals surface area contributed by atoms with Gasteiger partial charge in [0, 0.05) is 0 Å². The molecule has 40 heavy (non-hydrogen) atoms. The number of carbonyl (C=O) groups is 3. The highest BCUT2D eigenvalue weighted by atomic mass is 79.9. The first-order valence-electron chi connectivity index (χ1n) is 12.4. The molecule has 4 aromatic carbocycles. The third kappa shape index (κ3) is 5.76. The molecule has 2 amide bonds. The van der Waals surface area contributed by atoms with Gasteiger partial charge in [0.2, 0.25) is 0 Å². The van der Waals surface area contributed by atoms with Gasteiger partial charge in [0.15, 0.2) is 11.5 Å². The fraction of sp³-hybridized carbons (Fsp3) is 0.129. The molecular formula is C31H24BrNO6S. The third-order valence-electron chi connectivity index (χ3n) is 6.23. The first-order chi connectivity index (χ1) is 19.4. The van der Waals surface area contributed by atoms with Crippen molar-refractivity contribution in [3.8, 4) is 17.2 Å². The Balaban J connectivity index is 1.39. The zero-order chi connectivity index (χ0) is 28.2. The lowest BCUT2D eigenvalue weighted by atomic mass is 10.0. The van der Waals surface area contributed by atoms with E-state index in [2.05, 4.69) is 15.9 Å². The molecule has 0 saturated carbocycles. The molecule has 1 saturated heterocycles. The van der Waals surface area contributed by atoms with Crippen molar-refractivity contribution in [1.82, 2.24) is 4.90 Å². The summed E-state index contributed by atoms with van der Waals surface area (Å²) in [4.78, 5) is 40.4. The van der Waals surface area contributed by atoms with Crippen LogP contribution in [-0.4, -0.2) is 35.7 Å². The average molecular weight is 619 g/mol. The van der Waals surface area contributed by atoms with Gasteiger partial charge in [-0.1, -0.05) is 42.5 Å². The van der Waals surface area contributed by atoms with E-state index >= 15 is 0 Å². The predicted octanol–water partition coefficient (Wildman–Crippen LogP) is 7.47. The van der Waals surface area contributed by atoms with Crippen LogP contribution in [0.15, 0.2) is 88.2 Å². The van der Waals surface area contributed by atoms with E-state index in [0.717, 1.165) is 28.1 Å². The largest absolute Gasteiger partial charge is 0.497 e. The van der Waals surface area contributed by atoms with Crippen LogP contribution in [0.5, 0.6) is 17.2 Å². The number of hydrogen-bond acceptors (Lipinski definition) is 7. The molecule has 4 aromatic rings. The predicted molar refractivity (Wildman–Crippen MR) is 159 cm³/mol. The second kappa shape index (κ2) is 12.0. The summed E-state index contributed by atoms with van der Waals surface area (Å²) >= 11 is 4.36. The van der Waals surface area contributed by atoms with Gasteiger partial charge in [-0.3, -0.25) is 14.5 Å². The first-order valence-corrected chi connectivity index (χ1v) is 14.0. The lowest BCUT2D eigenvalue weighted by Crippen LogP contribution is -2.27. The maximum absolute atomic E-state index is 13.3. The Morgan fingerprint density at radius 2 is 1.75 bits per heavy atom. The maximum Gasteiger partial charge on any atom is 0.343 e. The molecule has 0 unspecified atom stereocenters. The molecular weight excluding hydrogens is 594 g/mol. The molecule has 0 bridgehead atoms. The van der Waals surface area contributed by atoms with Crippen LogP contribution in [0.25, 0.3) is 16.8 Å². The minimum Gasteiger partial charge on any atom is -0.497 e. The zero-order valence-corrected chi connectivity index (χ0v) is 24.1. The normalized spacial score (nSPS) is 14.2. The second-order valence-corrected chi connectivity index (χ2v) is 10.6. The molecule has 1 heterocycles. The van der Waals surface area contributed by atoms with E-state index < -0.39 is 5.97 Å². The highest BCUT2D eigenvalue weighted by molar-refractivity contribution is 9.10. The number of nitrogens with zero attached hydrogens (tertiary/aromatic N) is 1. The number of carbonyl (C=O) groups excluding carboxylic acids is 3. The van der Waals surface area contributed by atoms with Crippen molar-refractivity contribution in [2.75, 3.05) is 13.7 Å². The summed E-state index contributed by atoms with van der Waals surface area (Å²) in [5.41, 5.74) is 1.85. The molecule has 202 valence electrons. The van der Waals surface area contributed by atoms with Gasteiger partial charge in [-0.25, -0.2) is 4.79 Å². The van der Waals surface area contributed by atoms with Crippen LogP contribution >= 0.6 is 27.7 Å². The molecule has 0 N–H and O–H groups in total. The number of rotatable bonds is 8. The number of esters is 1.